The van der Waals surface area contributed by atoms with Crippen LogP contribution in [0.5, 0.6) is 11.5 Å². The van der Waals surface area contributed by atoms with Gasteiger partial charge in [-0.25, -0.2) is 13.2 Å². The molecule has 0 bridgehead atoms. The maximum Gasteiger partial charge on any atom is 0.263 e. The van der Waals surface area contributed by atoms with Crippen LogP contribution in [-0.2, 0) is 0 Å². The third-order valence-electron chi connectivity index (χ3n) is 3.93. The van der Waals surface area contributed by atoms with Crippen molar-refractivity contribution in [3.05, 3.63) is 52.8 Å². The quantitative estimate of drug-likeness (QED) is 0.753. The highest BCUT2D eigenvalue weighted by Gasteiger charge is 2.42. The first kappa shape index (κ1) is 14.4. The third-order valence-corrected chi connectivity index (χ3v) is 3.93. The second-order valence-electron chi connectivity index (χ2n) is 5.19. The van der Waals surface area contributed by atoms with Gasteiger partial charge in [-0.3, -0.25) is 9.69 Å². The van der Waals surface area contributed by atoms with Gasteiger partial charge in [0.15, 0.2) is 35.0 Å². The Bertz CT molecular complexity index is 939. The summed E-state index contributed by atoms with van der Waals surface area (Å²) in [5, 5.41) is 9.37. The summed E-state index contributed by atoms with van der Waals surface area (Å²) in [7, 11) is 0. The van der Waals surface area contributed by atoms with Crippen molar-refractivity contribution in [1.82, 2.24) is 0 Å². The minimum Gasteiger partial charge on any atom is -0.454 e. The number of hydrogen-bond acceptors (Lipinski definition) is 4. The molecular formula is C16H7F3N2O3. The summed E-state index contributed by atoms with van der Waals surface area (Å²) in [6.07, 6.45) is 0. The standard InChI is InChI=1S/C16H7F3N2O3/c17-9-4-8-10(5-20)21(16(22)13(8)15(19)14(9)18)7-1-2-11-12(3-7)24-6-23-11/h1-4,10H,6H2. The SMILES string of the molecule is N#CC1c2cc(F)c(F)c(F)c2C(=O)N1c1ccc2c(c1)OCO2. The Morgan fingerprint density at radius 2 is 1.88 bits per heavy atom. The van der Waals surface area contributed by atoms with Crippen LogP contribution in [0, 0.1) is 28.8 Å². The second-order valence-corrected chi connectivity index (χ2v) is 5.19. The predicted octanol–water partition coefficient (Wildman–Crippen LogP) is 3.06. The van der Waals surface area contributed by atoms with E-state index in [1.165, 1.54) is 18.2 Å². The van der Waals surface area contributed by atoms with Crippen molar-refractivity contribution in [3.63, 3.8) is 0 Å². The van der Waals surface area contributed by atoms with Crippen molar-refractivity contribution < 1.29 is 27.4 Å². The zero-order chi connectivity index (χ0) is 17.0. The molecule has 2 aromatic carbocycles. The number of nitrogens with zero attached hydrogens (tertiary/aromatic N) is 2. The van der Waals surface area contributed by atoms with Crippen LogP contribution >= 0.6 is 0 Å². The molecule has 2 heterocycles. The highest BCUT2D eigenvalue weighted by Crippen LogP contribution is 2.43. The molecule has 0 fully saturated rings. The number of anilines is 1. The van der Waals surface area contributed by atoms with Crippen molar-refractivity contribution in [2.75, 3.05) is 11.7 Å². The van der Waals surface area contributed by atoms with Crippen LogP contribution in [0.3, 0.4) is 0 Å². The van der Waals surface area contributed by atoms with Gasteiger partial charge in [0, 0.05) is 17.3 Å². The number of ether oxygens (including phenoxy) is 2. The van der Waals surface area contributed by atoms with E-state index in [1.807, 2.05) is 6.07 Å². The van der Waals surface area contributed by atoms with Gasteiger partial charge in [0.05, 0.1) is 11.6 Å². The average Bonchev–Trinajstić information content (AvgIpc) is 3.14. The summed E-state index contributed by atoms with van der Waals surface area (Å²) in [6.45, 7) is 0.0136. The van der Waals surface area contributed by atoms with Gasteiger partial charge < -0.3 is 9.47 Å². The average molecular weight is 332 g/mol. The zero-order valence-electron chi connectivity index (χ0n) is 11.8. The molecule has 1 amide bonds. The van der Waals surface area contributed by atoms with Crippen LogP contribution in [0.1, 0.15) is 22.0 Å². The Labute approximate surface area is 133 Å². The van der Waals surface area contributed by atoms with Crippen LogP contribution in [0.2, 0.25) is 0 Å². The van der Waals surface area contributed by atoms with E-state index in [4.69, 9.17) is 9.47 Å². The maximum atomic E-state index is 14.0. The minimum absolute atomic E-state index is 0.0136. The molecule has 2 aliphatic rings. The van der Waals surface area contributed by atoms with Crippen molar-refractivity contribution in [2.24, 2.45) is 0 Å². The van der Waals surface area contributed by atoms with E-state index in [0.717, 1.165) is 4.90 Å². The Kier molecular flexibility index (Phi) is 2.93. The molecule has 1 unspecified atom stereocenters. The van der Waals surface area contributed by atoms with Crippen molar-refractivity contribution in [3.8, 4) is 17.6 Å². The van der Waals surface area contributed by atoms with E-state index in [2.05, 4.69) is 0 Å². The first-order chi connectivity index (χ1) is 11.5. The number of amides is 1. The molecule has 8 heteroatoms. The van der Waals surface area contributed by atoms with Crippen molar-refractivity contribution in [1.29, 1.82) is 5.26 Å². The van der Waals surface area contributed by atoms with Gasteiger partial charge in [0.25, 0.3) is 5.91 Å². The predicted molar refractivity (Wildman–Crippen MR) is 74.0 cm³/mol. The molecule has 0 N–H and O–H groups in total. The first-order valence-corrected chi connectivity index (χ1v) is 6.83. The molecular weight excluding hydrogens is 325 g/mol. The summed E-state index contributed by atoms with van der Waals surface area (Å²) in [5.74, 6) is -4.91. The molecule has 24 heavy (non-hydrogen) atoms. The van der Waals surface area contributed by atoms with E-state index in [9.17, 15) is 23.2 Å². The van der Waals surface area contributed by atoms with E-state index < -0.39 is 35.0 Å². The lowest BCUT2D eigenvalue weighted by Crippen LogP contribution is -2.27. The Morgan fingerprint density at radius 3 is 2.62 bits per heavy atom. The molecule has 2 aromatic rings. The van der Waals surface area contributed by atoms with Crippen LogP contribution in [0.4, 0.5) is 18.9 Å². The molecule has 0 saturated heterocycles. The number of halogens is 3. The number of carbonyl (C=O) groups excluding carboxylic acids is 1. The van der Waals surface area contributed by atoms with Crippen LogP contribution < -0.4 is 14.4 Å². The molecule has 0 spiro atoms. The molecule has 5 nitrogen and oxygen atoms in total. The highest BCUT2D eigenvalue weighted by molar-refractivity contribution is 6.12. The summed E-state index contributed by atoms with van der Waals surface area (Å²) >= 11 is 0. The zero-order valence-corrected chi connectivity index (χ0v) is 11.8. The third kappa shape index (κ3) is 1.78. The van der Waals surface area contributed by atoms with E-state index in [1.54, 1.807) is 0 Å². The Balaban J connectivity index is 1.88. The maximum absolute atomic E-state index is 14.0. The number of nitriles is 1. The van der Waals surface area contributed by atoms with E-state index in [-0.39, 0.29) is 18.0 Å². The fourth-order valence-electron chi connectivity index (χ4n) is 2.85. The molecule has 2 aliphatic heterocycles. The summed E-state index contributed by atoms with van der Waals surface area (Å²) in [5.41, 5.74) is -0.623. The van der Waals surface area contributed by atoms with Gasteiger partial charge in [-0.15, -0.1) is 0 Å². The Hall–Kier alpha value is -3.21. The molecule has 0 aromatic heterocycles. The lowest BCUT2D eigenvalue weighted by Gasteiger charge is -2.20. The molecule has 1 atom stereocenters. The monoisotopic (exact) mass is 332 g/mol. The van der Waals surface area contributed by atoms with Gasteiger partial charge in [0.1, 0.15) is 0 Å². The summed E-state index contributed by atoms with van der Waals surface area (Å²) in [4.78, 5) is 13.5. The van der Waals surface area contributed by atoms with E-state index >= 15 is 0 Å². The van der Waals surface area contributed by atoms with Gasteiger partial charge >= 0.3 is 0 Å². The summed E-state index contributed by atoms with van der Waals surface area (Å²) < 4.78 is 51.3. The number of benzene rings is 2. The molecule has 0 aliphatic carbocycles. The molecule has 120 valence electrons. The largest absolute Gasteiger partial charge is 0.454 e. The number of carbonyl (C=O) groups is 1. The molecule has 0 radical (unpaired) electrons. The summed E-state index contributed by atoms with van der Waals surface area (Å²) in [6, 6.07) is 5.66. The van der Waals surface area contributed by atoms with Crippen LogP contribution in [-0.4, -0.2) is 12.7 Å². The number of fused-ring (bicyclic) bond motifs is 2. The van der Waals surface area contributed by atoms with Crippen molar-refractivity contribution in [2.45, 2.75) is 6.04 Å². The smallest absolute Gasteiger partial charge is 0.263 e. The lowest BCUT2D eigenvalue weighted by molar-refractivity contribution is 0.0990. The number of hydrogen-bond donors (Lipinski definition) is 0. The van der Waals surface area contributed by atoms with E-state index in [0.29, 0.717) is 17.6 Å². The van der Waals surface area contributed by atoms with Crippen molar-refractivity contribution >= 4 is 11.6 Å². The van der Waals surface area contributed by atoms with Gasteiger partial charge in [-0.1, -0.05) is 0 Å². The van der Waals surface area contributed by atoms with Gasteiger partial charge in [-0.05, 0) is 18.2 Å². The highest BCUT2D eigenvalue weighted by atomic mass is 19.2. The minimum atomic E-state index is -1.74. The fourth-order valence-corrected chi connectivity index (χ4v) is 2.85. The van der Waals surface area contributed by atoms with Crippen LogP contribution in [0.15, 0.2) is 24.3 Å². The second kappa shape index (κ2) is 4.89. The van der Waals surface area contributed by atoms with Crippen LogP contribution in [0.25, 0.3) is 0 Å². The Morgan fingerprint density at radius 1 is 1.12 bits per heavy atom. The normalized spacial score (nSPS) is 17.8. The fraction of sp³-hybridized carbons (Fsp3) is 0.125. The molecule has 0 saturated carbocycles. The first-order valence-electron chi connectivity index (χ1n) is 6.83. The van der Waals surface area contributed by atoms with Gasteiger partial charge in [0.2, 0.25) is 6.79 Å². The number of rotatable bonds is 1. The van der Waals surface area contributed by atoms with Gasteiger partial charge in [-0.2, -0.15) is 5.26 Å². The molecule has 4 rings (SSSR count). The lowest BCUT2D eigenvalue weighted by atomic mass is 10.0. The topological polar surface area (TPSA) is 62.6 Å².